The summed E-state index contributed by atoms with van der Waals surface area (Å²) in [5, 5.41) is 0. The van der Waals surface area contributed by atoms with E-state index in [9.17, 15) is 4.57 Å². The van der Waals surface area contributed by atoms with Gasteiger partial charge in [-0.1, -0.05) is 20.8 Å². The van der Waals surface area contributed by atoms with Crippen molar-refractivity contribution in [1.29, 1.82) is 0 Å². The van der Waals surface area contributed by atoms with Crippen LogP contribution in [0.25, 0.3) is 0 Å². The Morgan fingerprint density at radius 3 is 2.43 bits per heavy atom. The molecule has 0 radical (unpaired) electrons. The first-order valence-corrected chi connectivity index (χ1v) is 7.57. The summed E-state index contributed by atoms with van der Waals surface area (Å²) in [6.07, 6.45) is 2.69. The van der Waals surface area contributed by atoms with Crippen molar-refractivity contribution in [2.75, 3.05) is 6.61 Å². The van der Waals surface area contributed by atoms with Gasteiger partial charge in [-0.05, 0) is 19.3 Å². The van der Waals surface area contributed by atoms with Crippen LogP contribution in [0.15, 0.2) is 0 Å². The van der Waals surface area contributed by atoms with E-state index in [1.807, 2.05) is 6.92 Å². The fourth-order valence-corrected chi connectivity index (χ4v) is 3.59. The van der Waals surface area contributed by atoms with Gasteiger partial charge in [-0.2, -0.15) is 0 Å². The molecule has 1 aliphatic rings. The molecule has 1 fully saturated rings. The number of hydrogen-bond acceptors (Lipinski definition) is 3. The van der Waals surface area contributed by atoms with E-state index in [1.165, 1.54) is 0 Å². The second-order valence-corrected chi connectivity index (χ2v) is 6.35. The van der Waals surface area contributed by atoms with Crippen molar-refractivity contribution < 1.29 is 13.6 Å². The van der Waals surface area contributed by atoms with E-state index in [4.69, 9.17) is 20.3 Å². The van der Waals surface area contributed by atoms with Crippen LogP contribution in [0, 0.1) is 5.41 Å². The first kappa shape index (κ1) is 12.5. The lowest BCUT2D eigenvalue weighted by Crippen LogP contribution is -2.42. The SMILES string of the molecule is CCC1OP(=O)(Cl)OCC1(CC)CC. The molecule has 1 heterocycles. The van der Waals surface area contributed by atoms with Gasteiger partial charge in [-0.25, -0.2) is 4.57 Å². The Morgan fingerprint density at radius 2 is 2.00 bits per heavy atom. The summed E-state index contributed by atoms with van der Waals surface area (Å²) in [5.41, 5.74) is -0.0163. The van der Waals surface area contributed by atoms with Gasteiger partial charge in [0.15, 0.2) is 0 Å². The van der Waals surface area contributed by atoms with Gasteiger partial charge in [0.1, 0.15) is 0 Å². The average molecular weight is 241 g/mol. The summed E-state index contributed by atoms with van der Waals surface area (Å²) in [4.78, 5) is 0. The highest BCUT2D eigenvalue weighted by atomic mass is 35.7. The molecule has 2 atom stereocenters. The summed E-state index contributed by atoms with van der Waals surface area (Å²) in [6, 6.07) is 0. The van der Waals surface area contributed by atoms with E-state index >= 15 is 0 Å². The van der Waals surface area contributed by atoms with Gasteiger partial charge in [0.2, 0.25) is 0 Å². The number of halogens is 1. The Kier molecular flexibility index (Phi) is 4.04. The lowest BCUT2D eigenvalue weighted by atomic mass is 9.77. The molecule has 0 aromatic heterocycles. The van der Waals surface area contributed by atoms with Crippen molar-refractivity contribution in [2.24, 2.45) is 5.41 Å². The Morgan fingerprint density at radius 1 is 1.43 bits per heavy atom. The van der Waals surface area contributed by atoms with Crippen molar-refractivity contribution in [3.05, 3.63) is 0 Å². The zero-order chi connectivity index (χ0) is 10.8. The Hall–Kier alpha value is 0.440. The van der Waals surface area contributed by atoms with E-state index in [0.717, 1.165) is 19.3 Å². The molecular formula is C9H18ClO3P. The second-order valence-electron chi connectivity index (χ2n) is 3.78. The van der Waals surface area contributed by atoms with Gasteiger partial charge >= 0.3 is 6.95 Å². The molecule has 1 saturated heterocycles. The van der Waals surface area contributed by atoms with Gasteiger partial charge in [-0.15, -0.1) is 0 Å². The molecule has 0 aromatic carbocycles. The average Bonchev–Trinajstić information content (AvgIpc) is 2.17. The van der Waals surface area contributed by atoms with Crippen molar-refractivity contribution in [3.63, 3.8) is 0 Å². The number of hydrogen-bond donors (Lipinski definition) is 0. The highest BCUT2D eigenvalue weighted by Crippen LogP contribution is 2.61. The van der Waals surface area contributed by atoms with Crippen LogP contribution in [0.1, 0.15) is 40.0 Å². The Balaban J connectivity index is 2.84. The Bertz CT molecular complexity index is 240. The maximum Gasteiger partial charge on any atom is 0.424 e. The van der Waals surface area contributed by atoms with Gasteiger partial charge in [0.05, 0.1) is 12.7 Å². The fraction of sp³-hybridized carbons (Fsp3) is 1.00. The van der Waals surface area contributed by atoms with E-state index < -0.39 is 6.95 Å². The molecule has 5 heteroatoms. The van der Waals surface area contributed by atoms with Crippen LogP contribution in [0.5, 0.6) is 0 Å². The molecule has 2 unspecified atom stereocenters. The normalized spacial score (nSPS) is 37.0. The predicted octanol–water partition coefficient (Wildman–Crippen LogP) is 3.97. The van der Waals surface area contributed by atoms with Crippen LogP contribution in [-0.2, 0) is 13.6 Å². The summed E-state index contributed by atoms with van der Waals surface area (Å²) >= 11 is 5.60. The van der Waals surface area contributed by atoms with Crippen LogP contribution in [0.3, 0.4) is 0 Å². The lowest BCUT2D eigenvalue weighted by Gasteiger charge is -2.43. The van der Waals surface area contributed by atoms with Gasteiger partial charge < -0.3 is 0 Å². The molecule has 0 spiro atoms. The summed E-state index contributed by atoms with van der Waals surface area (Å²) in [5.74, 6) is 0. The third kappa shape index (κ3) is 2.33. The molecule has 0 aliphatic carbocycles. The maximum atomic E-state index is 11.4. The molecule has 0 N–H and O–H groups in total. The quantitative estimate of drug-likeness (QED) is 0.701. The molecule has 0 amide bonds. The molecule has 3 nitrogen and oxygen atoms in total. The van der Waals surface area contributed by atoms with E-state index in [2.05, 4.69) is 13.8 Å². The zero-order valence-electron chi connectivity index (χ0n) is 8.96. The van der Waals surface area contributed by atoms with E-state index in [1.54, 1.807) is 0 Å². The van der Waals surface area contributed by atoms with Crippen molar-refractivity contribution in [3.8, 4) is 0 Å². The third-order valence-electron chi connectivity index (χ3n) is 3.22. The van der Waals surface area contributed by atoms with Crippen LogP contribution in [-0.4, -0.2) is 12.7 Å². The smallest absolute Gasteiger partial charge is 0.296 e. The topological polar surface area (TPSA) is 35.5 Å². The predicted molar refractivity (Wildman–Crippen MR) is 57.6 cm³/mol. The lowest BCUT2D eigenvalue weighted by molar-refractivity contribution is -0.0475. The minimum Gasteiger partial charge on any atom is -0.296 e. The monoisotopic (exact) mass is 240 g/mol. The van der Waals surface area contributed by atoms with E-state index in [-0.39, 0.29) is 11.5 Å². The van der Waals surface area contributed by atoms with Crippen LogP contribution >= 0.6 is 18.2 Å². The second kappa shape index (κ2) is 4.52. The maximum absolute atomic E-state index is 11.4. The molecule has 84 valence electrons. The standard InChI is InChI=1S/C9H18ClO3P/c1-4-8-9(5-2,6-3)7-12-14(10,11)13-8/h8H,4-7H2,1-3H3. The fourth-order valence-electron chi connectivity index (χ4n) is 2.01. The minimum atomic E-state index is -3.29. The Labute approximate surface area is 90.4 Å². The minimum absolute atomic E-state index is 0.0163. The molecule has 0 aromatic rings. The van der Waals surface area contributed by atoms with Crippen LogP contribution in [0.4, 0.5) is 0 Å². The molecular weight excluding hydrogens is 223 g/mol. The number of rotatable bonds is 3. The van der Waals surface area contributed by atoms with E-state index in [0.29, 0.717) is 6.61 Å². The first-order valence-electron chi connectivity index (χ1n) is 5.12. The van der Waals surface area contributed by atoms with Crippen molar-refractivity contribution in [2.45, 2.75) is 46.1 Å². The van der Waals surface area contributed by atoms with Gasteiger partial charge in [-0.3, -0.25) is 9.05 Å². The first-order chi connectivity index (χ1) is 6.49. The highest BCUT2D eigenvalue weighted by Gasteiger charge is 2.46. The van der Waals surface area contributed by atoms with Crippen molar-refractivity contribution >= 4 is 18.2 Å². The van der Waals surface area contributed by atoms with Crippen molar-refractivity contribution in [1.82, 2.24) is 0 Å². The van der Waals surface area contributed by atoms with Gasteiger partial charge in [0.25, 0.3) is 0 Å². The third-order valence-corrected chi connectivity index (χ3v) is 4.70. The molecule has 0 saturated carbocycles. The molecule has 14 heavy (non-hydrogen) atoms. The van der Waals surface area contributed by atoms with Gasteiger partial charge in [0, 0.05) is 16.7 Å². The molecule has 0 bridgehead atoms. The summed E-state index contributed by atoms with van der Waals surface area (Å²) < 4.78 is 21.9. The largest absolute Gasteiger partial charge is 0.424 e. The summed E-state index contributed by atoms with van der Waals surface area (Å²) in [6.45, 7) is 3.37. The zero-order valence-corrected chi connectivity index (χ0v) is 10.6. The van der Waals surface area contributed by atoms with Crippen LogP contribution < -0.4 is 0 Å². The molecule has 1 rings (SSSR count). The highest BCUT2D eigenvalue weighted by molar-refractivity contribution is 7.81. The molecule has 1 aliphatic heterocycles. The van der Waals surface area contributed by atoms with Crippen LogP contribution in [0.2, 0.25) is 0 Å². The summed E-state index contributed by atoms with van der Waals surface area (Å²) in [7, 11) is 0.